The number of hydrogen-bond donors (Lipinski definition) is 1. The maximum absolute atomic E-state index is 11.7. The smallest absolute Gasteiger partial charge is 0.343 e. The third-order valence-electron chi connectivity index (χ3n) is 2.49. The van der Waals surface area contributed by atoms with Gasteiger partial charge in [-0.15, -0.1) is 0 Å². The van der Waals surface area contributed by atoms with E-state index in [2.05, 4.69) is 10.1 Å². The summed E-state index contributed by atoms with van der Waals surface area (Å²) in [6.07, 6.45) is 1.58. The molecule has 0 fully saturated rings. The lowest BCUT2D eigenvalue weighted by molar-refractivity contribution is 0.0528. The van der Waals surface area contributed by atoms with Crippen LogP contribution in [0.25, 0.3) is 5.65 Å². The number of fused-ring (bicyclic) bond motifs is 1. The van der Waals surface area contributed by atoms with Crippen molar-refractivity contribution in [2.24, 2.45) is 0 Å². The molecule has 102 valence electrons. The number of aliphatic hydroxyl groups excluding tert-OH is 1. The van der Waals surface area contributed by atoms with E-state index >= 15 is 0 Å². The first kappa shape index (κ1) is 14.0. The summed E-state index contributed by atoms with van der Waals surface area (Å²) in [5, 5.41) is 13.3. The van der Waals surface area contributed by atoms with E-state index in [0.717, 1.165) is 0 Å². The van der Waals surface area contributed by atoms with Crippen LogP contribution in [0.3, 0.4) is 0 Å². The van der Waals surface area contributed by atoms with Crippen molar-refractivity contribution >= 4 is 34.8 Å². The summed E-state index contributed by atoms with van der Waals surface area (Å²) in [5.74, 6) is -0.535. The van der Waals surface area contributed by atoms with E-state index in [1.54, 1.807) is 6.92 Å². The summed E-state index contributed by atoms with van der Waals surface area (Å²) < 4.78 is 6.19. The summed E-state index contributed by atoms with van der Waals surface area (Å²) in [4.78, 5) is 15.8. The van der Waals surface area contributed by atoms with E-state index in [1.807, 2.05) is 0 Å². The molecule has 0 unspecified atom stereocenters. The van der Waals surface area contributed by atoms with E-state index < -0.39 is 5.97 Å². The molecule has 0 saturated heterocycles. The van der Waals surface area contributed by atoms with Gasteiger partial charge in [-0.1, -0.05) is 23.2 Å². The molecule has 0 amide bonds. The molecule has 0 aliphatic heterocycles. The van der Waals surface area contributed by atoms with Crippen LogP contribution in [0.2, 0.25) is 10.3 Å². The fraction of sp³-hybridized carbons (Fsp3) is 0.364. The van der Waals surface area contributed by atoms with Gasteiger partial charge in [0, 0.05) is 18.6 Å². The van der Waals surface area contributed by atoms with Crippen molar-refractivity contribution in [3.8, 4) is 0 Å². The number of nitrogens with zero attached hydrogens (tertiary/aromatic N) is 3. The number of esters is 1. The van der Waals surface area contributed by atoms with E-state index in [9.17, 15) is 4.79 Å². The highest BCUT2D eigenvalue weighted by molar-refractivity contribution is 6.35. The fourth-order valence-corrected chi connectivity index (χ4v) is 2.26. The van der Waals surface area contributed by atoms with Gasteiger partial charge in [-0.2, -0.15) is 5.10 Å². The Kier molecular flexibility index (Phi) is 4.24. The summed E-state index contributed by atoms with van der Waals surface area (Å²) in [6.45, 7) is 1.84. The zero-order valence-electron chi connectivity index (χ0n) is 10.1. The Hall–Kier alpha value is -1.37. The molecular formula is C11H11Cl2N3O3. The van der Waals surface area contributed by atoms with Gasteiger partial charge in [-0.25, -0.2) is 14.3 Å². The Morgan fingerprint density at radius 2 is 2.26 bits per heavy atom. The Morgan fingerprint density at radius 1 is 1.53 bits per heavy atom. The molecule has 0 aliphatic carbocycles. The minimum atomic E-state index is -0.535. The number of rotatable bonds is 4. The van der Waals surface area contributed by atoms with Gasteiger partial charge in [0.25, 0.3) is 0 Å². The molecule has 2 aromatic rings. The average molecular weight is 304 g/mol. The molecule has 8 heteroatoms. The van der Waals surface area contributed by atoms with Crippen molar-refractivity contribution in [3.63, 3.8) is 0 Å². The van der Waals surface area contributed by atoms with Crippen LogP contribution in [0.1, 0.15) is 22.8 Å². The fourth-order valence-electron chi connectivity index (χ4n) is 1.64. The molecule has 6 nitrogen and oxygen atoms in total. The van der Waals surface area contributed by atoms with Crippen LogP contribution in [0.4, 0.5) is 0 Å². The standard InChI is InChI=1S/C11H11Cl2N3O3/c1-2-19-11(18)7-5-14-16-9(13)6(3-4-17)8(12)15-10(7)16/h5,17H,2-4H2,1H3. The molecule has 2 heterocycles. The number of carbonyl (C=O) groups excluding carboxylic acids is 1. The van der Waals surface area contributed by atoms with Gasteiger partial charge in [0.05, 0.1) is 12.8 Å². The molecule has 0 radical (unpaired) electrons. The van der Waals surface area contributed by atoms with Gasteiger partial charge in [0.2, 0.25) is 0 Å². The lowest BCUT2D eigenvalue weighted by Crippen LogP contribution is -2.07. The first-order chi connectivity index (χ1) is 9.10. The van der Waals surface area contributed by atoms with Crippen LogP contribution in [-0.2, 0) is 11.2 Å². The van der Waals surface area contributed by atoms with E-state index in [1.165, 1.54) is 10.7 Å². The van der Waals surface area contributed by atoms with Crippen molar-refractivity contribution in [2.75, 3.05) is 13.2 Å². The van der Waals surface area contributed by atoms with Crippen LogP contribution in [0, 0.1) is 0 Å². The topological polar surface area (TPSA) is 76.7 Å². The Balaban J connectivity index is 2.59. The van der Waals surface area contributed by atoms with Gasteiger partial charge >= 0.3 is 5.97 Å². The molecule has 0 aromatic carbocycles. The van der Waals surface area contributed by atoms with Crippen molar-refractivity contribution in [3.05, 3.63) is 27.6 Å². The van der Waals surface area contributed by atoms with Crippen LogP contribution >= 0.6 is 23.2 Å². The van der Waals surface area contributed by atoms with Gasteiger partial charge < -0.3 is 9.84 Å². The maximum Gasteiger partial charge on any atom is 0.343 e. The Morgan fingerprint density at radius 3 is 2.89 bits per heavy atom. The van der Waals surface area contributed by atoms with Crippen LogP contribution in [0.5, 0.6) is 0 Å². The Bertz CT molecular complexity index is 627. The molecule has 1 N–H and O–H groups in total. The zero-order valence-corrected chi connectivity index (χ0v) is 11.6. The molecule has 19 heavy (non-hydrogen) atoms. The third-order valence-corrected chi connectivity index (χ3v) is 3.19. The number of carbonyl (C=O) groups is 1. The largest absolute Gasteiger partial charge is 0.462 e. The zero-order chi connectivity index (χ0) is 14.0. The lowest BCUT2D eigenvalue weighted by Gasteiger charge is -2.07. The van der Waals surface area contributed by atoms with Gasteiger partial charge in [0.1, 0.15) is 15.9 Å². The highest BCUT2D eigenvalue weighted by Crippen LogP contribution is 2.26. The van der Waals surface area contributed by atoms with Crippen LogP contribution in [0.15, 0.2) is 6.20 Å². The van der Waals surface area contributed by atoms with Crippen LogP contribution in [-0.4, -0.2) is 38.9 Å². The highest BCUT2D eigenvalue weighted by Gasteiger charge is 2.20. The second-order valence-electron chi connectivity index (χ2n) is 3.66. The van der Waals surface area contributed by atoms with Crippen molar-refractivity contribution in [1.82, 2.24) is 14.6 Å². The van der Waals surface area contributed by atoms with Crippen molar-refractivity contribution < 1.29 is 14.6 Å². The van der Waals surface area contributed by atoms with Crippen molar-refractivity contribution in [2.45, 2.75) is 13.3 Å². The summed E-state index contributed by atoms with van der Waals surface area (Å²) in [7, 11) is 0. The van der Waals surface area contributed by atoms with E-state index in [0.29, 0.717) is 5.56 Å². The number of aromatic nitrogens is 3. The van der Waals surface area contributed by atoms with E-state index in [4.69, 9.17) is 33.0 Å². The summed E-state index contributed by atoms with van der Waals surface area (Å²) in [5.41, 5.74) is 0.910. The molecule has 0 saturated carbocycles. The number of hydrogen-bond acceptors (Lipinski definition) is 5. The predicted molar refractivity (Wildman–Crippen MR) is 69.8 cm³/mol. The lowest BCUT2D eigenvalue weighted by atomic mass is 10.2. The first-order valence-electron chi connectivity index (χ1n) is 5.59. The number of halogens is 2. The third kappa shape index (κ3) is 2.51. The second kappa shape index (κ2) is 5.73. The monoisotopic (exact) mass is 303 g/mol. The molecule has 0 bridgehead atoms. The molecule has 2 rings (SSSR count). The quantitative estimate of drug-likeness (QED) is 0.688. The Labute approximate surface area is 118 Å². The molecule has 2 aromatic heterocycles. The van der Waals surface area contributed by atoms with Gasteiger partial charge in [-0.05, 0) is 6.92 Å². The first-order valence-corrected chi connectivity index (χ1v) is 6.35. The molecular weight excluding hydrogens is 293 g/mol. The van der Waals surface area contributed by atoms with Gasteiger partial charge in [-0.3, -0.25) is 0 Å². The molecule has 0 spiro atoms. The number of ether oxygens (including phenoxy) is 1. The van der Waals surface area contributed by atoms with Crippen LogP contribution < -0.4 is 0 Å². The number of aliphatic hydroxyl groups is 1. The SMILES string of the molecule is CCOC(=O)c1cnn2c(Cl)c(CCO)c(Cl)nc12. The minimum absolute atomic E-state index is 0.112. The maximum atomic E-state index is 11.7. The molecule has 0 atom stereocenters. The van der Waals surface area contributed by atoms with E-state index in [-0.39, 0.29) is 41.2 Å². The normalized spacial score (nSPS) is 10.9. The van der Waals surface area contributed by atoms with Gasteiger partial charge in [0.15, 0.2) is 5.65 Å². The summed E-state index contributed by atoms with van der Waals surface area (Å²) >= 11 is 12.1. The highest BCUT2D eigenvalue weighted by atomic mass is 35.5. The summed E-state index contributed by atoms with van der Waals surface area (Å²) in [6, 6.07) is 0. The average Bonchev–Trinajstić information content (AvgIpc) is 2.78. The second-order valence-corrected chi connectivity index (χ2v) is 4.38. The molecule has 0 aliphatic rings. The predicted octanol–water partition coefficient (Wildman–Crippen LogP) is 1.75. The minimum Gasteiger partial charge on any atom is -0.462 e. The van der Waals surface area contributed by atoms with Crippen molar-refractivity contribution in [1.29, 1.82) is 0 Å².